The van der Waals surface area contributed by atoms with Crippen molar-refractivity contribution in [1.29, 1.82) is 0 Å². The van der Waals surface area contributed by atoms with Gasteiger partial charge < -0.3 is 4.90 Å². The highest BCUT2D eigenvalue weighted by Crippen LogP contribution is 2.33. The van der Waals surface area contributed by atoms with Crippen LogP contribution in [0.3, 0.4) is 0 Å². The number of hydrogen-bond acceptors (Lipinski definition) is 1. The second-order valence-corrected chi connectivity index (χ2v) is 5.15. The van der Waals surface area contributed by atoms with Crippen LogP contribution in [0.1, 0.15) is 39.5 Å². The molecule has 1 heterocycles. The van der Waals surface area contributed by atoms with Crippen LogP contribution in [0.4, 0.5) is 13.2 Å². The topological polar surface area (TPSA) is 20.3 Å². The first kappa shape index (κ1) is 14.3. The van der Waals surface area contributed by atoms with Gasteiger partial charge in [-0.1, -0.05) is 13.8 Å². The number of hydrogen-bond donors (Lipinski definition) is 0. The molecule has 0 spiro atoms. The first-order chi connectivity index (χ1) is 7.80. The molecular formula is C12H20F3NO. The van der Waals surface area contributed by atoms with Crippen molar-refractivity contribution in [3.05, 3.63) is 0 Å². The lowest BCUT2D eigenvalue weighted by atomic mass is 9.97. The van der Waals surface area contributed by atoms with Gasteiger partial charge in [0.15, 0.2) is 0 Å². The molecule has 0 aliphatic carbocycles. The van der Waals surface area contributed by atoms with Crippen molar-refractivity contribution in [2.75, 3.05) is 13.1 Å². The predicted molar refractivity (Wildman–Crippen MR) is 59.4 cm³/mol. The van der Waals surface area contributed by atoms with E-state index in [1.807, 2.05) is 13.8 Å². The maximum atomic E-state index is 12.6. The lowest BCUT2D eigenvalue weighted by Crippen LogP contribution is -2.44. The monoisotopic (exact) mass is 251 g/mol. The van der Waals surface area contributed by atoms with Crippen molar-refractivity contribution in [3.63, 3.8) is 0 Å². The van der Waals surface area contributed by atoms with E-state index in [-0.39, 0.29) is 18.9 Å². The van der Waals surface area contributed by atoms with E-state index in [0.29, 0.717) is 25.3 Å². The summed E-state index contributed by atoms with van der Waals surface area (Å²) in [4.78, 5) is 13.1. The number of piperidine rings is 1. The minimum atomic E-state index is -4.17. The fourth-order valence-electron chi connectivity index (χ4n) is 2.04. The Labute approximate surface area is 100 Å². The molecule has 0 saturated carbocycles. The summed E-state index contributed by atoms with van der Waals surface area (Å²) >= 11 is 0. The van der Waals surface area contributed by atoms with Gasteiger partial charge in [-0.3, -0.25) is 4.79 Å². The summed E-state index contributed by atoms with van der Waals surface area (Å²) < 4.78 is 37.7. The molecule has 100 valence electrons. The zero-order valence-electron chi connectivity index (χ0n) is 10.4. The molecule has 1 aliphatic rings. The Balaban J connectivity index is 2.46. The van der Waals surface area contributed by atoms with Crippen molar-refractivity contribution in [1.82, 2.24) is 4.90 Å². The normalized spacial score (nSPS) is 22.0. The van der Waals surface area contributed by atoms with Gasteiger partial charge >= 0.3 is 6.18 Å². The van der Waals surface area contributed by atoms with E-state index in [1.54, 1.807) is 0 Å². The van der Waals surface area contributed by atoms with E-state index in [9.17, 15) is 18.0 Å². The van der Waals surface area contributed by atoms with Crippen LogP contribution in [-0.2, 0) is 4.79 Å². The second-order valence-electron chi connectivity index (χ2n) is 5.15. The van der Waals surface area contributed by atoms with E-state index in [2.05, 4.69) is 0 Å². The van der Waals surface area contributed by atoms with E-state index < -0.39 is 12.1 Å². The van der Waals surface area contributed by atoms with E-state index in [1.165, 1.54) is 4.90 Å². The molecular weight excluding hydrogens is 231 g/mol. The van der Waals surface area contributed by atoms with Crippen LogP contribution in [0, 0.1) is 11.8 Å². The fraction of sp³-hybridized carbons (Fsp3) is 0.917. The summed E-state index contributed by atoms with van der Waals surface area (Å²) in [5, 5.41) is 0. The SMILES string of the molecule is CC(C)CCC(=O)N1CCC[C@H](C(F)(F)F)C1. The largest absolute Gasteiger partial charge is 0.393 e. The van der Waals surface area contributed by atoms with Crippen LogP contribution >= 0.6 is 0 Å². The number of nitrogens with zero attached hydrogens (tertiary/aromatic N) is 1. The highest BCUT2D eigenvalue weighted by Gasteiger charge is 2.42. The molecule has 1 fully saturated rings. The molecule has 0 N–H and O–H groups in total. The molecule has 0 aromatic rings. The van der Waals surface area contributed by atoms with Crippen LogP contribution in [0.25, 0.3) is 0 Å². The lowest BCUT2D eigenvalue weighted by molar-refractivity contribution is -0.188. The quantitative estimate of drug-likeness (QED) is 0.754. The van der Waals surface area contributed by atoms with Gasteiger partial charge in [-0.2, -0.15) is 13.2 Å². The van der Waals surface area contributed by atoms with Crippen molar-refractivity contribution >= 4 is 5.91 Å². The molecule has 1 saturated heterocycles. The average Bonchev–Trinajstić information content (AvgIpc) is 2.25. The highest BCUT2D eigenvalue weighted by atomic mass is 19.4. The van der Waals surface area contributed by atoms with Crippen LogP contribution < -0.4 is 0 Å². The lowest BCUT2D eigenvalue weighted by Gasteiger charge is -2.34. The Hall–Kier alpha value is -0.740. The Morgan fingerprint density at radius 2 is 2.06 bits per heavy atom. The van der Waals surface area contributed by atoms with E-state index >= 15 is 0 Å². The zero-order valence-corrected chi connectivity index (χ0v) is 10.4. The Kier molecular flexibility index (Phi) is 4.83. The van der Waals surface area contributed by atoms with Crippen LogP contribution in [0.15, 0.2) is 0 Å². The second kappa shape index (κ2) is 5.74. The van der Waals surface area contributed by atoms with Crippen molar-refractivity contribution in [3.8, 4) is 0 Å². The number of likely N-dealkylation sites (tertiary alicyclic amines) is 1. The smallest absolute Gasteiger partial charge is 0.342 e. The van der Waals surface area contributed by atoms with Gasteiger partial charge in [-0.15, -0.1) is 0 Å². The summed E-state index contributed by atoms with van der Waals surface area (Å²) in [6, 6.07) is 0. The summed E-state index contributed by atoms with van der Waals surface area (Å²) in [6.45, 7) is 4.33. The number of carbonyl (C=O) groups is 1. The van der Waals surface area contributed by atoms with Crippen LogP contribution in [0.2, 0.25) is 0 Å². The number of halogens is 3. The molecule has 0 bridgehead atoms. The van der Waals surface area contributed by atoms with Gasteiger partial charge in [-0.05, 0) is 25.2 Å². The number of amides is 1. The molecule has 1 atom stereocenters. The standard InChI is InChI=1S/C12H20F3NO/c1-9(2)5-6-11(17)16-7-3-4-10(8-16)12(13,14)15/h9-10H,3-8H2,1-2H3/t10-/m0/s1. The molecule has 0 radical (unpaired) electrons. The van der Waals surface area contributed by atoms with Gasteiger partial charge in [0.25, 0.3) is 0 Å². The van der Waals surface area contributed by atoms with Crippen molar-refractivity contribution in [2.45, 2.75) is 45.7 Å². The third kappa shape index (κ3) is 4.56. The van der Waals surface area contributed by atoms with Gasteiger partial charge in [0.05, 0.1) is 5.92 Å². The summed E-state index contributed by atoms with van der Waals surface area (Å²) in [7, 11) is 0. The number of rotatable bonds is 3. The first-order valence-electron chi connectivity index (χ1n) is 6.15. The Bertz CT molecular complexity index is 263. The zero-order chi connectivity index (χ0) is 13.1. The van der Waals surface area contributed by atoms with Gasteiger partial charge in [0.1, 0.15) is 0 Å². The third-order valence-corrected chi connectivity index (χ3v) is 3.17. The molecule has 0 aromatic heterocycles. The molecule has 2 nitrogen and oxygen atoms in total. The maximum absolute atomic E-state index is 12.6. The highest BCUT2D eigenvalue weighted by molar-refractivity contribution is 5.76. The summed E-state index contributed by atoms with van der Waals surface area (Å²) in [6.07, 6.45) is -2.46. The summed E-state index contributed by atoms with van der Waals surface area (Å²) in [5.74, 6) is -1.06. The van der Waals surface area contributed by atoms with Gasteiger partial charge in [0.2, 0.25) is 5.91 Å². The van der Waals surface area contributed by atoms with Gasteiger partial charge in [0, 0.05) is 19.5 Å². The molecule has 1 rings (SSSR count). The maximum Gasteiger partial charge on any atom is 0.393 e. The molecule has 0 aromatic carbocycles. The van der Waals surface area contributed by atoms with Crippen LogP contribution in [0.5, 0.6) is 0 Å². The van der Waals surface area contributed by atoms with Gasteiger partial charge in [-0.25, -0.2) is 0 Å². The van der Waals surface area contributed by atoms with Crippen LogP contribution in [-0.4, -0.2) is 30.1 Å². The molecule has 1 amide bonds. The molecule has 0 unspecified atom stereocenters. The van der Waals surface area contributed by atoms with Crippen molar-refractivity contribution < 1.29 is 18.0 Å². The molecule has 5 heteroatoms. The molecule has 17 heavy (non-hydrogen) atoms. The predicted octanol–water partition coefficient (Wildman–Crippen LogP) is 3.22. The van der Waals surface area contributed by atoms with E-state index in [4.69, 9.17) is 0 Å². The summed E-state index contributed by atoms with van der Waals surface area (Å²) in [5.41, 5.74) is 0. The minimum Gasteiger partial charge on any atom is -0.342 e. The van der Waals surface area contributed by atoms with E-state index in [0.717, 1.165) is 6.42 Å². The first-order valence-corrected chi connectivity index (χ1v) is 6.15. The Morgan fingerprint density at radius 1 is 1.41 bits per heavy atom. The molecule has 1 aliphatic heterocycles. The van der Waals surface area contributed by atoms with Crippen molar-refractivity contribution in [2.24, 2.45) is 11.8 Å². The number of alkyl halides is 3. The fourth-order valence-corrected chi connectivity index (χ4v) is 2.04. The number of carbonyl (C=O) groups excluding carboxylic acids is 1. The minimum absolute atomic E-state index is 0.132. The third-order valence-electron chi connectivity index (χ3n) is 3.17. The Morgan fingerprint density at radius 3 is 2.59 bits per heavy atom. The average molecular weight is 251 g/mol.